The van der Waals surface area contributed by atoms with Crippen LogP contribution in [0.25, 0.3) is 0 Å². The fourth-order valence-electron chi connectivity index (χ4n) is 1.70. The van der Waals surface area contributed by atoms with E-state index in [1.165, 1.54) is 12.7 Å². The molecule has 0 bridgehead atoms. The summed E-state index contributed by atoms with van der Waals surface area (Å²) in [4.78, 5) is 11.4. The molecule has 0 amide bonds. The van der Waals surface area contributed by atoms with E-state index in [-0.39, 0.29) is 12.4 Å². The molecule has 0 aromatic carbocycles. The van der Waals surface area contributed by atoms with Gasteiger partial charge in [-0.05, 0) is 31.5 Å². The van der Waals surface area contributed by atoms with Crippen LogP contribution >= 0.6 is 0 Å². The molecule has 1 fully saturated rings. The van der Waals surface area contributed by atoms with Crippen LogP contribution in [0.1, 0.15) is 23.4 Å². The molecule has 2 heterocycles. The van der Waals surface area contributed by atoms with E-state index in [1.54, 1.807) is 12.1 Å². The van der Waals surface area contributed by atoms with Crippen LogP contribution < -0.4 is 5.32 Å². The number of furan rings is 1. The van der Waals surface area contributed by atoms with Gasteiger partial charge in [0.25, 0.3) is 0 Å². The number of hydrogen-bond acceptors (Lipinski definition) is 4. The average molecular weight is 209 g/mol. The second kappa shape index (κ2) is 5.09. The normalized spacial score (nSPS) is 20.7. The highest BCUT2D eigenvalue weighted by Crippen LogP contribution is 2.06. The van der Waals surface area contributed by atoms with Gasteiger partial charge in [0.1, 0.15) is 6.61 Å². The molecule has 1 N–H and O–H groups in total. The van der Waals surface area contributed by atoms with Gasteiger partial charge >= 0.3 is 0 Å². The Bertz CT molecular complexity index is 302. The fraction of sp³-hybridized carbons (Fsp3) is 0.545. The standard InChI is InChI=1S/C11H15NO3/c13-10(11-4-2-6-15-11)8-14-7-9-3-1-5-12-9/h2,4,6,9,12H,1,3,5,7-8H2/t9-/m1/s1. The zero-order valence-electron chi connectivity index (χ0n) is 8.57. The summed E-state index contributed by atoms with van der Waals surface area (Å²) in [5, 5.41) is 3.31. The maximum atomic E-state index is 11.4. The largest absolute Gasteiger partial charge is 0.461 e. The first kappa shape index (κ1) is 10.4. The lowest BCUT2D eigenvalue weighted by Gasteiger charge is -2.09. The van der Waals surface area contributed by atoms with Gasteiger partial charge in [-0.2, -0.15) is 0 Å². The highest BCUT2D eigenvalue weighted by atomic mass is 16.5. The van der Waals surface area contributed by atoms with Crippen molar-refractivity contribution in [1.29, 1.82) is 0 Å². The monoisotopic (exact) mass is 209 g/mol. The van der Waals surface area contributed by atoms with Crippen molar-refractivity contribution in [3.8, 4) is 0 Å². The molecule has 1 aromatic heterocycles. The molecule has 0 unspecified atom stereocenters. The molecular weight excluding hydrogens is 194 g/mol. The first-order valence-corrected chi connectivity index (χ1v) is 5.24. The molecule has 0 aliphatic carbocycles. The second-order valence-electron chi connectivity index (χ2n) is 3.71. The summed E-state index contributed by atoms with van der Waals surface area (Å²) in [5.41, 5.74) is 0. The Morgan fingerprint density at radius 3 is 3.27 bits per heavy atom. The summed E-state index contributed by atoms with van der Waals surface area (Å²) < 4.78 is 10.3. The third-order valence-electron chi connectivity index (χ3n) is 2.51. The molecule has 1 aliphatic heterocycles. The van der Waals surface area contributed by atoms with Crippen LogP contribution in [-0.2, 0) is 4.74 Å². The summed E-state index contributed by atoms with van der Waals surface area (Å²) in [7, 11) is 0. The van der Waals surface area contributed by atoms with Crippen LogP contribution in [0.3, 0.4) is 0 Å². The van der Waals surface area contributed by atoms with Gasteiger partial charge < -0.3 is 14.5 Å². The number of carbonyl (C=O) groups is 1. The number of ketones is 1. The Hall–Kier alpha value is -1.13. The van der Waals surface area contributed by atoms with Gasteiger partial charge in [0.15, 0.2) is 5.76 Å². The lowest BCUT2D eigenvalue weighted by Crippen LogP contribution is -2.27. The Morgan fingerprint density at radius 2 is 2.60 bits per heavy atom. The molecule has 1 aliphatic rings. The van der Waals surface area contributed by atoms with Crippen LogP contribution in [0.15, 0.2) is 22.8 Å². The predicted octanol–water partition coefficient (Wildman–Crippen LogP) is 1.23. The SMILES string of the molecule is O=C(COC[C@H]1CCCN1)c1ccco1. The third-order valence-corrected chi connectivity index (χ3v) is 2.51. The zero-order chi connectivity index (χ0) is 10.5. The topological polar surface area (TPSA) is 51.5 Å². The van der Waals surface area contributed by atoms with Crippen molar-refractivity contribution >= 4 is 5.78 Å². The van der Waals surface area contributed by atoms with E-state index in [1.807, 2.05) is 0 Å². The summed E-state index contributed by atoms with van der Waals surface area (Å²) in [5.74, 6) is 0.271. The van der Waals surface area contributed by atoms with Crippen molar-refractivity contribution in [3.63, 3.8) is 0 Å². The molecule has 15 heavy (non-hydrogen) atoms. The van der Waals surface area contributed by atoms with Gasteiger partial charge in [-0.15, -0.1) is 0 Å². The first-order chi connectivity index (χ1) is 7.36. The van der Waals surface area contributed by atoms with Gasteiger partial charge in [-0.1, -0.05) is 0 Å². The van der Waals surface area contributed by atoms with Crippen LogP contribution in [-0.4, -0.2) is 31.6 Å². The van der Waals surface area contributed by atoms with Crippen LogP contribution in [0.2, 0.25) is 0 Å². The van der Waals surface area contributed by atoms with E-state index in [0.29, 0.717) is 18.4 Å². The quantitative estimate of drug-likeness (QED) is 0.741. The van der Waals surface area contributed by atoms with E-state index in [0.717, 1.165) is 13.0 Å². The van der Waals surface area contributed by atoms with E-state index in [9.17, 15) is 4.79 Å². The number of ether oxygens (including phenoxy) is 1. The van der Waals surface area contributed by atoms with Crippen molar-refractivity contribution < 1.29 is 13.9 Å². The summed E-state index contributed by atoms with van der Waals surface area (Å²) in [6.45, 7) is 1.76. The van der Waals surface area contributed by atoms with Crippen LogP contribution in [0.5, 0.6) is 0 Å². The van der Waals surface area contributed by atoms with Gasteiger partial charge in [-0.3, -0.25) is 4.79 Å². The number of rotatable bonds is 5. The molecule has 1 aromatic rings. The van der Waals surface area contributed by atoms with Crippen molar-refractivity contribution in [2.24, 2.45) is 0 Å². The molecular formula is C11H15NO3. The number of carbonyl (C=O) groups excluding carboxylic acids is 1. The number of hydrogen-bond donors (Lipinski definition) is 1. The van der Waals surface area contributed by atoms with E-state index in [2.05, 4.69) is 5.32 Å². The molecule has 2 rings (SSSR count). The molecule has 4 heteroatoms. The zero-order valence-corrected chi connectivity index (χ0v) is 8.57. The Balaban J connectivity index is 1.67. The molecule has 4 nitrogen and oxygen atoms in total. The average Bonchev–Trinajstić information content (AvgIpc) is 2.90. The van der Waals surface area contributed by atoms with E-state index >= 15 is 0 Å². The molecule has 1 atom stereocenters. The summed E-state index contributed by atoms with van der Waals surface area (Å²) in [6, 6.07) is 3.76. The highest BCUT2D eigenvalue weighted by Gasteiger charge is 2.15. The lowest BCUT2D eigenvalue weighted by atomic mass is 10.2. The Morgan fingerprint density at radius 1 is 1.67 bits per heavy atom. The molecule has 0 spiro atoms. The first-order valence-electron chi connectivity index (χ1n) is 5.24. The Labute approximate surface area is 88.6 Å². The van der Waals surface area contributed by atoms with E-state index < -0.39 is 0 Å². The molecule has 1 saturated heterocycles. The van der Waals surface area contributed by atoms with Gasteiger partial charge in [0.05, 0.1) is 12.9 Å². The maximum absolute atomic E-state index is 11.4. The van der Waals surface area contributed by atoms with Crippen molar-refractivity contribution in [2.45, 2.75) is 18.9 Å². The van der Waals surface area contributed by atoms with Crippen LogP contribution in [0.4, 0.5) is 0 Å². The second-order valence-corrected chi connectivity index (χ2v) is 3.71. The smallest absolute Gasteiger partial charge is 0.223 e. The molecule has 0 radical (unpaired) electrons. The Kier molecular flexibility index (Phi) is 3.53. The minimum Gasteiger partial charge on any atom is -0.461 e. The van der Waals surface area contributed by atoms with Crippen LogP contribution in [0, 0.1) is 0 Å². The van der Waals surface area contributed by atoms with Gasteiger partial charge in [-0.25, -0.2) is 0 Å². The van der Waals surface area contributed by atoms with Crippen molar-refractivity contribution in [2.75, 3.05) is 19.8 Å². The van der Waals surface area contributed by atoms with Gasteiger partial charge in [0, 0.05) is 6.04 Å². The minimum absolute atomic E-state index is 0.0991. The van der Waals surface area contributed by atoms with E-state index in [4.69, 9.17) is 9.15 Å². The molecule has 82 valence electrons. The maximum Gasteiger partial charge on any atom is 0.223 e. The third kappa shape index (κ3) is 2.91. The fourth-order valence-corrected chi connectivity index (χ4v) is 1.70. The van der Waals surface area contributed by atoms with Crippen molar-refractivity contribution in [1.82, 2.24) is 5.32 Å². The van der Waals surface area contributed by atoms with Crippen molar-refractivity contribution in [3.05, 3.63) is 24.2 Å². The minimum atomic E-state index is -0.0991. The summed E-state index contributed by atoms with van der Waals surface area (Å²) in [6.07, 6.45) is 3.82. The number of nitrogens with one attached hydrogen (secondary N) is 1. The lowest BCUT2D eigenvalue weighted by molar-refractivity contribution is 0.0697. The van der Waals surface area contributed by atoms with Gasteiger partial charge in [0.2, 0.25) is 5.78 Å². The number of Topliss-reactive ketones (excluding diaryl/α,β-unsaturated/α-hetero) is 1. The molecule has 0 saturated carbocycles. The summed E-state index contributed by atoms with van der Waals surface area (Å²) >= 11 is 0. The highest BCUT2D eigenvalue weighted by molar-refractivity contribution is 5.94. The predicted molar refractivity (Wildman–Crippen MR) is 54.9 cm³/mol.